The van der Waals surface area contributed by atoms with Gasteiger partial charge in [0.15, 0.2) is 5.82 Å². The molecule has 1 aliphatic rings. The van der Waals surface area contributed by atoms with Gasteiger partial charge < -0.3 is 15.0 Å². The first kappa shape index (κ1) is 18.8. The Bertz CT molecular complexity index is 1220. The van der Waals surface area contributed by atoms with Gasteiger partial charge in [0.2, 0.25) is 5.95 Å². The first-order chi connectivity index (χ1) is 14.5. The molecule has 0 bridgehead atoms. The van der Waals surface area contributed by atoms with Gasteiger partial charge >= 0.3 is 0 Å². The molecule has 3 aromatic heterocycles. The number of hydrogen-bond acceptors (Lipinski definition) is 6. The van der Waals surface area contributed by atoms with Crippen LogP contribution in [0.1, 0.15) is 17.0 Å². The van der Waals surface area contributed by atoms with Crippen LogP contribution in [0.4, 0.5) is 11.6 Å². The summed E-state index contributed by atoms with van der Waals surface area (Å²) in [6.07, 6.45) is 3.54. The first-order valence-corrected chi connectivity index (χ1v) is 10.1. The molecule has 0 amide bonds. The van der Waals surface area contributed by atoms with E-state index in [9.17, 15) is 5.11 Å². The second-order valence-corrected chi connectivity index (χ2v) is 8.01. The van der Waals surface area contributed by atoms with E-state index in [1.54, 1.807) is 10.9 Å². The monoisotopic (exact) mass is 403 g/mol. The third-order valence-electron chi connectivity index (χ3n) is 5.75. The predicted molar refractivity (Wildman–Crippen MR) is 116 cm³/mol. The average molecular weight is 403 g/mol. The van der Waals surface area contributed by atoms with E-state index >= 15 is 0 Å². The summed E-state index contributed by atoms with van der Waals surface area (Å²) >= 11 is 0. The van der Waals surface area contributed by atoms with E-state index in [-0.39, 0.29) is 6.10 Å². The van der Waals surface area contributed by atoms with Crippen molar-refractivity contribution in [2.24, 2.45) is 7.05 Å². The molecule has 4 heterocycles. The molecule has 2 N–H and O–H groups in total. The number of aryl methyl sites for hydroxylation is 3. The molecule has 0 aliphatic carbocycles. The molecule has 0 radical (unpaired) electrons. The fourth-order valence-electron chi connectivity index (χ4n) is 3.91. The Labute approximate surface area is 174 Å². The van der Waals surface area contributed by atoms with E-state index in [1.807, 2.05) is 25.3 Å². The standard InChI is InChI=1S/C22H25N7O/c1-14-8-16-9-18(4-5-20(16)27(14)3)24-22-23-7-6-21(25-22)29-11-17(15(2)26-29)10-28-12-19(30)13-28/h4-9,11,19,30H,10,12-13H2,1-3H3,(H,23,24,25). The Morgan fingerprint density at radius 2 is 2.00 bits per heavy atom. The number of nitrogens with one attached hydrogen (secondary N) is 1. The number of β-amino-alcohol motifs (C(OH)–C–C–N with tert-alkyl or cyclic N) is 1. The topological polar surface area (TPSA) is 84.0 Å². The molecule has 1 aliphatic heterocycles. The van der Waals surface area contributed by atoms with Gasteiger partial charge in [0, 0.05) is 73.0 Å². The third-order valence-corrected chi connectivity index (χ3v) is 5.75. The minimum atomic E-state index is -0.199. The lowest BCUT2D eigenvalue weighted by Crippen LogP contribution is -2.49. The molecule has 154 valence electrons. The second-order valence-electron chi connectivity index (χ2n) is 8.01. The molecule has 0 spiro atoms. The zero-order valence-corrected chi connectivity index (χ0v) is 17.4. The van der Waals surface area contributed by atoms with Crippen LogP contribution in [-0.2, 0) is 13.6 Å². The molecule has 1 aromatic carbocycles. The average Bonchev–Trinajstić information content (AvgIpc) is 3.20. The summed E-state index contributed by atoms with van der Waals surface area (Å²) in [6, 6.07) is 10.3. The van der Waals surface area contributed by atoms with Crippen LogP contribution in [0.15, 0.2) is 42.7 Å². The highest BCUT2D eigenvalue weighted by Crippen LogP contribution is 2.24. The molecular weight excluding hydrogens is 378 g/mol. The van der Waals surface area contributed by atoms with Gasteiger partial charge in [-0.05, 0) is 38.1 Å². The highest BCUT2D eigenvalue weighted by Gasteiger charge is 2.25. The molecule has 0 atom stereocenters. The van der Waals surface area contributed by atoms with E-state index in [0.29, 0.717) is 11.8 Å². The van der Waals surface area contributed by atoms with Crippen molar-refractivity contribution in [2.45, 2.75) is 26.5 Å². The van der Waals surface area contributed by atoms with Crippen molar-refractivity contribution in [2.75, 3.05) is 18.4 Å². The molecule has 8 heteroatoms. The van der Waals surface area contributed by atoms with Gasteiger partial charge in [-0.15, -0.1) is 0 Å². The van der Waals surface area contributed by atoms with Crippen molar-refractivity contribution < 1.29 is 5.11 Å². The molecule has 5 rings (SSSR count). The number of aromatic nitrogens is 5. The van der Waals surface area contributed by atoms with Crippen LogP contribution in [0.3, 0.4) is 0 Å². The highest BCUT2D eigenvalue weighted by atomic mass is 16.3. The fraction of sp³-hybridized carbons (Fsp3) is 0.318. The lowest BCUT2D eigenvalue weighted by molar-refractivity contribution is -0.00297. The van der Waals surface area contributed by atoms with Gasteiger partial charge in [0.05, 0.1) is 11.8 Å². The molecule has 4 aromatic rings. The number of hydrogen-bond donors (Lipinski definition) is 2. The Hall–Kier alpha value is -3.23. The summed E-state index contributed by atoms with van der Waals surface area (Å²) < 4.78 is 3.96. The number of aliphatic hydroxyl groups excluding tert-OH is 1. The molecule has 0 unspecified atom stereocenters. The number of benzene rings is 1. The predicted octanol–water partition coefficient (Wildman–Crippen LogP) is 2.69. The largest absolute Gasteiger partial charge is 0.390 e. The number of fused-ring (bicyclic) bond motifs is 1. The van der Waals surface area contributed by atoms with E-state index in [2.05, 4.69) is 62.0 Å². The van der Waals surface area contributed by atoms with Gasteiger partial charge in [-0.3, -0.25) is 4.90 Å². The third kappa shape index (κ3) is 3.44. The molecule has 1 saturated heterocycles. The zero-order valence-electron chi connectivity index (χ0n) is 17.4. The van der Waals surface area contributed by atoms with E-state index < -0.39 is 0 Å². The van der Waals surface area contributed by atoms with Crippen molar-refractivity contribution in [3.8, 4) is 5.82 Å². The molecule has 8 nitrogen and oxygen atoms in total. The molecule has 1 fully saturated rings. The summed E-state index contributed by atoms with van der Waals surface area (Å²) in [7, 11) is 2.07. The molecule has 30 heavy (non-hydrogen) atoms. The smallest absolute Gasteiger partial charge is 0.229 e. The quantitative estimate of drug-likeness (QED) is 0.533. The molecular formula is C22H25N7O. The summed E-state index contributed by atoms with van der Waals surface area (Å²) in [5.74, 6) is 1.24. The van der Waals surface area contributed by atoms with Crippen LogP contribution < -0.4 is 5.32 Å². The maximum Gasteiger partial charge on any atom is 0.229 e. The van der Waals surface area contributed by atoms with Gasteiger partial charge in [-0.1, -0.05) is 0 Å². The van der Waals surface area contributed by atoms with Crippen LogP contribution in [0, 0.1) is 13.8 Å². The Balaban J connectivity index is 1.37. The highest BCUT2D eigenvalue weighted by molar-refractivity contribution is 5.85. The van der Waals surface area contributed by atoms with Gasteiger partial charge in [0.1, 0.15) is 0 Å². The maximum atomic E-state index is 9.49. The van der Waals surface area contributed by atoms with Crippen LogP contribution in [-0.4, -0.2) is 53.5 Å². The van der Waals surface area contributed by atoms with E-state index in [0.717, 1.165) is 36.6 Å². The van der Waals surface area contributed by atoms with Gasteiger partial charge in [0.25, 0.3) is 0 Å². The summed E-state index contributed by atoms with van der Waals surface area (Å²) in [6.45, 7) is 6.33. The minimum Gasteiger partial charge on any atom is -0.390 e. The number of aliphatic hydroxyl groups is 1. The zero-order chi connectivity index (χ0) is 20.8. The fourth-order valence-corrected chi connectivity index (χ4v) is 3.91. The lowest BCUT2D eigenvalue weighted by Gasteiger charge is -2.35. The van der Waals surface area contributed by atoms with Gasteiger partial charge in [-0.25, -0.2) is 9.67 Å². The van der Waals surface area contributed by atoms with E-state index in [1.165, 1.54) is 16.6 Å². The summed E-state index contributed by atoms with van der Waals surface area (Å²) in [4.78, 5) is 11.2. The Kier molecular flexibility index (Phi) is 4.52. The van der Waals surface area contributed by atoms with Crippen molar-refractivity contribution in [3.63, 3.8) is 0 Å². The number of nitrogens with zero attached hydrogens (tertiary/aromatic N) is 6. The van der Waals surface area contributed by atoms with Crippen molar-refractivity contribution in [1.29, 1.82) is 0 Å². The maximum absolute atomic E-state index is 9.49. The van der Waals surface area contributed by atoms with Crippen molar-refractivity contribution in [3.05, 3.63) is 59.7 Å². The molecule has 0 saturated carbocycles. The Morgan fingerprint density at radius 1 is 1.17 bits per heavy atom. The Morgan fingerprint density at radius 3 is 2.80 bits per heavy atom. The van der Waals surface area contributed by atoms with Gasteiger partial charge in [-0.2, -0.15) is 10.1 Å². The normalized spacial score (nSPS) is 14.9. The lowest BCUT2D eigenvalue weighted by atomic mass is 10.1. The number of rotatable bonds is 5. The van der Waals surface area contributed by atoms with Crippen LogP contribution in [0.2, 0.25) is 0 Å². The number of likely N-dealkylation sites (tertiary alicyclic amines) is 1. The van der Waals surface area contributed by atoms with Crippen molar-refractivity contribution >= 4 is 22.5 Å². The summed E-state index contributed by atoms with van der Waals surface area (Å²) in [5.41, 5.74) is 5.47. The minimum absolute atomic E-state index is 0.199. The van der Waals surface area contributed by atoms with Crippen LogP contribution in [0.5, 0.6) is 0 Å². The van der Waals surface area contributed by atoms with E-state index in [4.69, 9.17) is 0 Å². The van der Waals surface area contributed by atoms with Crippen LogP contribution >= 0.6 is 0 Å². The summed E-state index contributed by atoms with van der Waals surface area (Å²) in [5, 5.41) is 18.6. The number of anilines is 2. The SMILES string of the molecule is Cc1nn(-c2ccnc(Nc3ccc4c(c3)cc(C)n4C)n2)cc1CN1CC(O)C1. The van der Waals surface area contributed by atoms with Crippen molar-refractivity contribution in [1.82, 2.24) is 29.2 Å². The van der Waals surface area contributed by atoms with Crippen LogP contribution in [0.25, 0.3) is 16.7 Å². The first-order valence-electron chi connectivity index (χ1n) is 10.1. The second kappa shape index (κ2) is 7.23.